The van der Waals surface area contributed by atoms with Gasteiger partial charge in [0, 0.05) is 50.6 Å². The Morgan fingerprint density at radius 2 is 1.18 bits per heavy atom. The number of anilines is 3. The third-order valence-electron chi connectivity index (χ3n) is 6.86. The Balaban J connectivity index is 1.37. The zero-order chi connectivity index (χ0) is 22.3. The van der Waals surface area contributed by atoms with Crippen LogP contribution in [0, 0.1) is 0 Å². The topological polar surface area (TPSA) is 19.0 Å². The largest absolute Gasteiger partial charge is 0.487 e. The van der Waals surface area contributed by atoms with Crippen LogP contribution >= 0.6 is 0 Å². The predicted molar refractivity (Wildman–Crippen MR) is 139 cm³/mol. The molecule has 0 bridgehead atoms. The molecular weight excluding hydrogens is 406 g/mol. The van der Waals surface area contributed by atoms with E-state index < -0.39 is 0 Å². The van der Waals surface area contributed by atoms with Crippen molar-refractivity contribution in [1.29, 1.82) is 0 Å². The Morgan fingerprint density at radius 3 is 1.97 bits per heavy atom. The molecule has 3 aromatic carbocycles. The standard InChI is InChI=1S/C29H35N3O/c1-4-11-25(12-5-1)24-33-29-16-15-27(30-17-8-3-9-18-30)23-28(29)32-20-10-19-31(21-22-32)26-13-6-2-7-14-26/h1-2,4-7,11-16,23H,3,8-10,17-22,24H2. The molecule has 0 unspecified atom stereocenters. The van der Waals surface area contributed by atoms with Crippen molar-refractivity contribution in [1.82, 2.24) is 0 Å². The minimum Gasteiger partial charge on any atom is -0.487 e. The van der Waals surface area contributed by atoms with Gasteiger partial charge in [0.1, 0.15) is 12.4 Å². The van der Waals surface area contributed by atoms with Gasteiger partial charge in [-0.15, -0.1) is 0 Å². The number of hydrogen-bond donors (Lipinski definition) is 0. The molecule has 0 atom stereocenters. The molecule has 0 N–H and O–H groups in total. The van der Waals surface area contributed by atoms with Crippen molar-refractivity contribution in [2.45, 2.75) is 32.3 Å². The fourth-order valence-electron chi connectivity index (χ4n) is 5.01. The smallest absolute Gasteiger partial charge is 0.143 e. The highest BCUT2D eigenvalue weighted by atomic mass is 16.5. The van der Waals surface area contributed by atoms with Crippen molar-refractivity contribution in [2.24, 2.45) is 0 Å². The van der Waals surface area contributed by atoms with Crippen LogP contribution in [-0.2, 0) is 6.61 Å². The Kier molecular flexibility index (Phi) is 7.00. The minimum absolute atomic E-state index is 0.598. The quantitative estimate of drug-likeness (QED) is 0.469. The Bertz CT molecular complexity index is 1000. The van der Waals surface area contributed by atoms with Gasteiger partial charge in [-0.1, -0.05) is 48.5 Å². The van der Waals surface area contributed by atoms with Crippen LogP contribution in [0.5, 0.6) is 5.75 Å². The second-order valence-electron chi connectivity index (χ2n) is 9.14. The van der Waals surface area contributed by atoms with E-state index in [4.69, 9.17) is 4.74 Å². The monoisotopic (exact) mass is 441 g/mol. The van der Waals surface area contributed by atoms with Gasteiger partial charge in [-0.05, 0) is 61.6 Å². The van der Waals surface area contributed by atoms with Crippen LogP contribution in [-0.4, -0.2) is 39.3 Å². The zero-order valence-electron chi connectivity index (χ0n) is 19.5. The number of piperidine rings is 1. The lowest BCUT2D eigenvalue weighted by Crippen LogP contribution is -2.32. The second-order valence-corrected chi connectivity index (χ2v) is 9.14. The first kappa shape index (κ1) is 21.7. The van der Waals surface area contributed by atoms with Crippen LogP contribution in [0.1, 0.15) is 31.2 Å². The highest BCUT2D eigenvalue weighted by Crippen LogP contribution is 2.35. The van der Waals surface area contributed by atoms with Gasteiger partial charge in [0.2, 0.25) is 0 Å². The molecule has 0 aromatic heterocycles. The fraction of sp³-hybridized carbons (Fsp3) is 0.379. The maximum absolute atomic E-state index is 6.40. The highest BCUT2D eigenvalue weighted by Gasteiger charge is 2.21. The molecule has 5 rings (SSSR count). The molecule has 0 spiro atoms. The average Bonchev–Trinajstić information content (AvgIpc) is 3.15. The molecule has 172 valence electrons. The van der Waals surface area contributed by atoms with E-state index in [1.165, 1.54) is 41.9 Å². The lowest BCUT2D eigenvalue weighted by Gasteiger charge is -2.31. The van der Waals surface area contributed by atoms with Crippen molar-refractivity contribution >= 4 is 17.1 Å². The van der Waals surface area contributed by atoms with E-state index in [1.54, 1.807) is 0 Å². The number of ether oxygens (including phenoxy) is 1. The minimum atomic E-state index is 0.598. The van der Waals surface area contributed by atoms with E-state index in [0.717, 1.165) is 51.4 Å². The number of rotatable bonds is 6. The Labute approximate surface area is 198 Å². The van der Waals surface area contributed by atoms with Crippen molar-refractivity contribution in [2.75, 3.05) is 54.0 Å². The highest BCUT2D eigenvalue weighted by molar-refractivity contribution is 5.67. The fourth-order valence-corrected chi connectivity index (χ4v) is 5.01. The number of hydrogen-bond acceptors (Lipinski definition) is 4. The van der Waals surface area contributed by atoms with Gasteiger partial charge >= 0.3 is 0 Å². The van der Waals surface area contributed by atoms with E-state index in [9.17, 15) is 0 Å². The maximum Gasteiger partial charge on any atom is 0.143 e. The summed E-state index contributed by atoms with van der Waals surface area (Å²) in [6.07, 6.45) is 5.07. The Morgan fingerprint density at radius 1 is 0.545 bits per heavy atom. The summed E-state index contributed by atoms with van der Waals surface area (Å²) >= 11 is 0. The van der Waals surface area contributed by atoms with Crippen molar-refractivity contribution in [3.63, 3.8) is 0 Å². The zero-order valence-corrected chi connectivity index (χ0v) is 19.5. The molecule has 2 heterocycles. The summed E-state index contributed by atoms with van der Waals surface area (Å²) in [7, 11) is 0. The van der Waals surface area contributed by atoms with Gasteiger partial charge in [-0.3, -0.25) is 0 Å². The molecule has 2 saturated heterocycles. The van der Waals surface area contributed by atoms with Crippen LogP contribution < -0.4 is 19.4 Å². The number of nitrogens with zero attached hydrogens (tertiary/aromatic N) is 3. The summed E-state index contributed by atoms with van der Waals surface area (Å²) in [5, 5.41) is 0. The Hall–Kier alpha value is -3.14. The van der Waals surface area contributed by atoms with Crippen molar-refractivity contribution in [3.05, 3.63) is 84.4 Å². The normalized spacial score (nSPS) is 17.0. The van der Waals surface area contributed by atoms with E-state index >= 15 is 0 Å². The van der Waals surface area contributed by atoms with Gasteiger partial charge in [0.05, 0.1) is 5.69 Å². The predicted octanol–water partition coefficient (Wildman–Crippen LogP) is 5.97. The van der Waals surface area contributed by atoms with Crippen LogP contribution in [0.3, 0.4) is 0 Å². The van der Waals surface area contributed by atoms with Gasteiger partial charge < -0.3 is 19.4 Å². The summed E-state index contributed by atoms with van der Waals surface area (Å²) in [6.45, 7) is 7.08. The summed E-state index contributed by atoms with van der Waals surface area (Å²) in [4.78, 5) is 7.60. The molecule has 0 saturated carbocycles. The van der Waals surface area contributed by atoms with E-state index in [2.05, 4.69) is 93.6 Å². The maximum atomic E-state index is 6.40. The number of benzene rings is 3. The molecule has 33 heavy (non-hydrogen) atoms. The summed E-state index contributed by atoms with van der Waals surface area (Å²) in [5.41, 5.74) is 5.10. The van der Waals surface area contributed by atoms with Gasteiger partial charge in [0.15, 0.2) is 0 Å². The molecule has 4 heteroatoms. The van der Waals surface area contributed by atoms with Crippen LogP contribution in [0.25, 0.3) is 0 Å². The first-order valence-corrected chi connectivity index (χ1v) is 12.5. The van der Waals surface area contributed by atoms with E-state index in [-0.39, 0.29) is 0 Å². The molecule has 0 aliphatic carbocycles. The molecule has 2 aliphatic heterocycles. The molecule has 0 amide bonds. The molecule has 2 fully saturated rings. The first-order chi connectivity index (χ1) is 16.4. The van der Waals surface area contributed by atoms with Crippen LogP contribution in [0.4, 0.5) is 17.1 Å². The summed E-state index contributed by atoms with van der Waals surface area (Å²) < 4.78 is 6.40. The molecular formula is C29H35N3O. The molecule has 4 nitrogen and oxygen atoms in total. The summed E-state index contributed by atoms with van der Waals surface area (Å²) in [6, 6.07) is 28.1. The average molecular weight is 442 g/mol. The van der Waals surface area contributed by atoms with E-state index in [0.29, 0.717) is 6.61 Å². The molecule has 3 aromatic rings. The molecule has 0 radical (unpaired) electrons. The van der Waals surface area contributed by atoms with Crippen molar-refractivity contribution < 1.29 is 4.74 Å². The van der Waals surface area contributed by atoms with Gasteiger partial charge in [0.25, 0.3) is 0 Å². The van der Waals surface area contributed by atoms with Crippen LogP contribution in [0.15, 0.2) is 78.9 Å². The lowest BCUT2D eigenvalue weighted by molar-refractivity contribution is 0.306. The van der Waals surface area contributed by atoms with Crippen molar-refractivity contribution in [3.8, 4) is 5.75 Å². The van der Waals surface area contributed by atoms with Gasteiger partial charge in [-0.2, -0.15) is 0 Å². The third-order valence-corrected chi connectivity index (χ3v) is 6.86. The lowest BCUT2D eigenvalue weighted by atomic mass is 10.1. The van der Waals surface area contributed by atoms with E-state index in [1.807, 2.05) is 0 Å². The first-order valence-electron chi connectivity index (χ1n) is 12.5. The second kappa shape index (κ2) is 10.7. The summed E-state index contributed by atoms with van der Waals surface area (Å²) in [5.74, 6) is 0.993. The van der Waals surface area contributed by atoms with Crippen LogP contribution in [0.2, 0.25) is 0 Å². The number of para-hydroxylation sites is 1. The molecule has 2 aliphatic rings. The SMILES string of the molecule is c1ccc(COc2ccc(N3CCCCC3)cc2N2CCCN(c3ccccc3)CC2)cc1. The van der Waals surface area contributed by atoms with Gasteiger partial charge in [-0.25, -0.2) is 0 Å². The third kappa shape index (κ3) is 5.44.